The van der Waals surface area contributed by atoms with Gasteiger partial charge in [0.15, 0.2) is 0 Å². The second kappa shape index (κ2) is 38.3. The van der Waals surface area contributed by atoms with Gasteiger partial charge in [0.05, 0.1) is 42.0 Å². The van der Waals surface area contributed by atoms with Crippen molar-refractivity contribution in [1.82, 2.24) is 10.2 Å². The van der Waals surface area contributed by atoms with E-state index in [2.05, 4.69) is 17.6 Å². The Hall–Kier alpha value is -1.80. The molecule has 0 aromatic heterocycles. The first-order chi connectivity index (χ1) is 30.6. The molecule has 0 aliphatic carbocycles. The summed E-state index contributed by atoms with van der Waals surface area (Å²) >= 11 is 12.7. The summed E-state index contributed by atoms with van der Waals surface area (Å²) in [6.07, 6.45) is 24.0. The van der Waals surface area contributed by atoms with Crippen LogP contribution in [0.25, 0.3) is 0 Å². The molecule has 12 nitrogen and oxygen atoms in total. The maximum atomic E-state index is 12.7. The summed E-state index contributed by atoms with van der Waals surface area (Å²) in [5.41, 5.74) is 2.24. The van der Waals surface area contributed by atoms with Crippen molar-refractivity contribution in [3.05, 3.63) is 58.1 Å². The molecule has 362 valence electrons. The van der Waals surface area contributed by atoms with Gasteiger partial charge in [-0.15, -0.1) is 0 Å². The average molecular weight is 947 g/mol. The number of likely N-dealkylation sites (N-methyl/N-ethyl adjacent to an activating group) is 1. The van der Waals surface area contributed by atoms with E-state index in [0.29, 0.717) is 42.0 Å². The van der Waals surface area contributed by atoms with E-state index >= 15 is 0 Å². The number of carbonyl (C=O) groups is 1. The normalized spacial score (nSPS) is 13.1. The van der Waals surface area contributed by atoms with Gasteiger partial charge in [-0.2, -0.15) is 0 Å². The third-order valence-electron chi connectivity index (χ3n) is 10.8. The number of phosphoric acid groups is 1. The van der Waals surface area contributed by atoms with E-state index in [9.17, 15) is 14.3 Å². The number of carbonyl (C=O) groups excluding carboxylic acids is 1. The number of anilines is 2. The number of nitrogens with one attached hydrogen (secondary N) is 2. The first-order valence-corrected chi connectivity index (χ1v) is 26.1. The largest absolute Gasteiger partial charge is 0.472 e. The molecule has 2 aromatic rings. The van der Waals surface area contributed by atoms with Crippen molar-refractivity contribution >= 4 is 48.3 Å². The topological polar surface area (TPSA) is 137 Å². The van der Waals surface area contributed by atoms with Crippen LogP contribution in [0.2, 0.25) is 10.0 Å². The fourth-order valence-corrected chi connectivity index (χ4v) is 8.01. The molecule has 0 aliphatic heterocycles. The number of rotatable bonds is 43. The second-order valence-corrected chi connectivity index (χ2v) is 18.6. The summed E-state index contributed by atoms with van der Waals surface area (Å²) in [6.45, 7) is 7.38. The lowest BCUT2D eigenvalue weighted by molar-refractivity contribution is -0.143. The van der Waals surface area contributed by atoms with Gasteiger partial charge in [-0.05, 0) is 56.6 Å². The van der Waals surface area contributed by atoms with E-state index in [1.807, 2.05) is 43.1 Å². The molecule has 0 aliphatic rings. The lowest BCUT2D eigenvalue weighted by Crippen LogP contribution is -2.27. The lowest BCUT2D eigenvalue weighted by atomic mass is 10.0. The molecule has 0 bridgehead atoms. The van der Waals surface area contributed by atoms with E-state index < -0.39 is 13.9 Å². The lowest BCUT2D eigenvalue weighted by Gasteiger charge is -2.20. The van der Waals surface area contributed by atoms with Crippen LogP contribution in [0.3, 0.4) is 0 Å². The van der Waals surface area contributed by atoms with Gasteiger partial charge >= 0.3 is 7.82 Å². The predicted octanol–water partition coefficient (Wildman–Crippen LogP) is 12.7. The van der Waals surface area contributed by atoms with Gasteiger partial charge in [-0.25, -0.2) is 4.57 Å². The number of ether oxygens (including phenoxy) is 4. The zero-order valence-electron chi connectivity index (χ0n) is 38.9. The van der Waals surface area contributed by atoms with Gasteiger partial charge in [0, 0.05) is 32.0 Å². The maximum absolute atomic E-state index is 12.7. The van der Waals surface area contributed by atoms with Crippen molar-refractivity contribution in [2.75, 3.05) is 78.6 Å². The quantitative estimate of drug-likeness (QED) is 0.0333. The predicted molar refractivity (Wildman–Crippen MR) is 258 cm³/mol. The Morgan fingerprint density at radius 1 is 0.683 bits per heavy atom. The Morgan fingerprint density at radius 2 is 1.24 bits per heavy atom. The zero-order valence-corrected chi connectivity index (χ0v) is 41.3. The Morgan fingerprint density at radius 3 is 1.84 bits per heavy atom. The van der Waals surface area contributed by atoms with Gasteiger partial charge in [-0.3, -0.25) is 13.8 Å². The maximum Gasteiger partial charge on any atom is 0.472 e. The molecule has 0 radical (unpaired) electrons. The number of halogens is 2. The molecule has 0 fully saturated rings. The van der Waals surface area contributed by atoms with Crippen molar-refractivity contribution in [2.24, 2.45) is 0 Å². The van der Waals surface area contributed by atoms with Crippen molar-refractivity contribution in [1.29, 1.82) is 0 Å². The molecule has 2 rings (SSSR count). The Labute approximate surface area is 390 Å². The van der Waals surface area contributed by atoms with Crippen LogP contribution in [0.4, 0.5) is 11.4 Å². The number of para-hydroxylation sites is 2. The fourth-order valence-electron chi connectivity index (χ4n) is 6.78. The van der Waals surface area contributed by atoms with Gasteiger partial charge in [0.1, 0.15) is 19.7 Å². The highest BCUT2D eigenvalue weighted by Gasteiger charge is 2.24. The first-order valence-electron chi connectivity index (χ1n) is 23.9. The Kier molecular flexibility index (Phi) is 34.9. The zero-order chi connectivity index (χ0) is 45.6. The monoisotopic (exact) mass is 946 g/mol. The molecule has 0 heterocycles. The van der Waals surface area contributed by atoms with Gasteiger partial charge in [0.2, 0.25) is 5.91 Å². The van der Waals surface area contributed by atoms with Crippen LogP contribution >= 0.6 is 31.0 Å². The summed E-state index contributed by atoms with van der Waals surface area (Å²) < 4.78 is 45.8. The summed E-state index contributed by atoms with van der Waals surface area (Å²) in [4.78, 5) is 24.9. The van der Waals surface area contributed by atoms with Crippen LogP contribution in [0.15, 0.2) is 42.5 Å². The molecular formula is C48H82Cl2N3O9P. The number of nitrogens with zero attached hydrogens (tertiary/aromatic N) is 1. The standard InChI is InChI=1S/C48H82Cl2N3O9P/c1-4-6-7-8-9-10-11-12-13-14-15-16-17-20-25-34-57-40-59-38-43(39-62-63(55,56)61-36-33-53(3)5-2)60-41-58-35-26-21-18-19-24-32-51-47(54)37-42-28-22-23-31-46(42)52-48-44(49)29-27-30-45(48)50/h22-23,27-31,43,52H,4-21,24-26,32-41H2,1-3H3,(H,51,54)(H,55,56). The molecule has 0 saturated heterocycles. The molecule has 2 atom stereocenters. The van der Waals surface area contributed by atoms with Crippen LogP contribution in [0.1, 0.15) is 148 Å². The molecule has 15 heteroatoms. The Balaban J connectivity index is 1.56. The van der Waals surface area contributed by atoms with E-state index in [0.717, 1.165) is 62.7 Å². The molecule has 2 unspecified atom stereocenters. The van der Waals surface area contributed by atoms with E-state index in [-0.39, 0.29) is 45.7 Å². The number of amides is 1. The minimum Gasteiger partial charge on any atom is -0.356 e. The van der Waals surface area contributed by atoms with Crippen LogP contribution in [0.5, 0.6) is 0 Å². The number of phosphoric ester groups is 1. The average Bonchev–Trinajstić information content (AvgIpc) is 3.26. The van der Waals surface area contributed by atoms with Crippen molar-refractivity contribution in [3.8, 4) is 0 Å². The van der Waals surface area contributed by atoms with Crippen molar-refractivity contribution in [3.63, 3.8) is 0 Å². The molecule has 3 N–H and O–H groups in total. The summed E-state index contributed by atoms with van der Waals surface area (Å²) in [5.74, 6) is -0.0471. The van der Waals surface area contributed by atoms with Crippen LogP contribution in [-0.4, -0.2) is 95.1 Å². The number of hydrogen-bond acceptors (Lipinski definition) is 10. The van der Waals surface area contributed by atoms with E-state index in [4.69, 9.17) is 51.2 Å². The highest BCUT2D eigenvalue weighted by Crippen LogP contribution is 2.43. The van der Waals surface area contributed by atoms with Crippen LogP contribution < -0.4 is 10.6 Å². The summed E-state index contributed by atoms with van der Waals surface area (Å²) in [7, 11) is -2.36. The molecular weight excluding hydrogens is 864 g/mol. The molecule has 2 aromatic carbocycles. The third kappa shape index (κ3) is 30.9. The summed E-state index contributed by atoms with van der Waals surface area (Å²) in [5, 5.41) is 7.32. The van der Waals surface area contributed by atoms with Crippen LogP contribution in [0, 0.1) is 0 Å². The minimum atomic E-state index is -4.27. The number of unbranched alkanes of at least 4 members (excludes halogenated alkanes) is 18. The van der Waals surface area contributed by atoms with Crippen molar-refractivity contribution in [2.45, 2.75) is 155 Å². The van der Waals surface area contributed by atoms with E-state index in [1.54, 1.807) is 18.2 Å². The van der Waals surface area contributed by atoms with Gasteiger partial charge in [-0.1, -0.05) is 170 Å². The molecule has 0 spiro atoms. The smallest absolute Gasteiger partial charge is 0.356 e. The van der Waals surface area contributed by atoms with Crippen LogP contribution in [-0.2, 0) is 43.8 Å². The number of benzene rings is 2. The second-order valence-electron chi connectivity index (χ2n) is 16.3. The van der Waals surface area contributed by atoms with Crippen molar-refractivity contribution < 1.29 is 42.2 Å². The fraction of sp³-hybridized carbons (Fsp3) is 0.729. The SMILES string of the molecule is CCCCCCCCCCCCCCCCCOCOCC(COP(=O)(O)OCCN(C)CC)OCOCCCCCCCNC(=O)Cc1ccccc1Nc1c(Cl)cccc1Cl. The highest BCUT2D eigenvalue weighted by molar-refractivity contribution is 7.47. The first kappa shape index (κ1) is 57.3. The van der Waals surface area contributed by atoms with E-state index in [1.165, 1.54) is 83.5 Å². The highest BCUT2D eigenvalue weighted by atomic mass is 35.5. The van der Waals surface area contributed by atoms with Gasteiger partial charge in [0.25, 0.3) is 0 Å². The Bertz CT molecular complexity index is 1460. The minimum absolute atomic E-state index is 0.00857. The summed E-state index contributed by atoms with van der Waals surface area (Å²) in [6, 6.07) is 12.9. The molecule has 63 heavy (non-hydrogen) atoms. The van der Waals surface area contributed by atoms with Gasteiger partial charge < -0.3 is 39.4 Å². The number of hydrogen-bond donors (Lipinski definition) is 3. The molecule has 1 amide bonds. The molecule has 0 saturated carbocycles. The third-order valence-corrected chi connectivity index (χ3v) is 12.4.